The fourth-order valence-electron chi connectivity index (χ4n) is 6.22. The highest BCUT2D eigenvalue weighted by Gasteiger charge is 2.44. The predicted molar refractivity (Wildman–Crippen MR) is 159 cm³/mol. The summed E-state index contributed by atoms with van der Waals surface area (Å²) in [5.41, 5.74) is 1.35. The van der Waals surface area contributed by atoms with Crippen molar-refractivity contribution in [2.45, 2.75) is 43.0 Å². The van der Waals surface area contributed by atoms with E-state index in [0.717, 1.165) is 50.7 Å². The highest BCUT2D eigenvalue weighted by molar-refractivity contribution is 8.04. The Morgan fingerprint density at radius 1 is 1.26 bits per heavy atom. The van der Waals surface area contributed by atoms with E-state index >= 15 is 0 Å². The number of benzene rings is 2. The van der Waals surface area contributed by atoms with Gasteiger partial charge < -0.3 is 29.1 Å². The SMILES string of the molecule is CC1CN(c2cccc3c2OC(c2ccc(Cl)cc2F)CO3)CCN1CC1=NC2SC(C(=O)O)=CC2N1CC1CCO1. The highest BCUT2D eigenvalue weighted by Crippen LogP contribution is 2.45. The van der Waals surface area contributed by atoms with E-state index in [4.69, 9.17) is 30.8 Å². The Morgan fingerprint density at radius 2 is 2.12 bits per heavy atom. The van der Waals surface area contributed by atoms with Crippen LogP contribution >= 0.6 is 23.4 Å². The van der Waals surface area contributed by atoms with Crippen LogP contribution in [0.4, 0.5) is 10.1 Å². The Kier molecular flexibility index (Phi) is 7.46. The van der Waals surface area contributed by atoms with Crippen molar-refractivity contribution in [1.82, 2.24) is 9.80 Å². The van der Waals surface area contributed by atoms with Gasteiger partial charge in [0.05, 0.1) is 29.3 Å². The third kappa shape index (κ3) is 5.21. The minimum absolute atomic E-state index is 0.0525. The summed E-state index contributed by atoms with van der Waals surface area (Å²) in [6.07, 6.45) is 2.44. The van der Waals surface area contributed by atoms with E-state index in [0.29, 0.717) is 33.5 Å². The smallest absolute Gasteiger partial charge is 0.341 e. The number of anilines is 1. The molecule has 0 radical (unpaired) electrons. The predicted octanol–water partition coefficient (Wildman–Crippen LogP) is 4.42. The number of rotatable bonds is 7. The van der Waals surface area contributed by atoms with E-state index in [1.807, 2.05) is 24.3 Å². The van der Waals surface area contributed by atoms with Crippen LogP contribution in [0.2, 0.25) is 5.02 Å². The number of carbonyl (C=O) groups is 1. The summed E-state index contributed by atoms with van der Waals surface area (Å²) in [7, 11) is 0. The number of fused-ring (bicyclic) bond motifs is 2. The molecule has 2 saturated heterocycles. The maximum atomic E-state index is 14.7. The van der Waals surface area contributed by atoms with Gasteiger partial charge in [-0.25, -0.2) is 9.18 Å². The van der Waals surface area contributed by atoms with Gasteiger partial charge in [0.2, 0.25) is 0 Å². The number of ether oxygens (including phenoxy) is 3. The van der Waals surface area contributed by atoms with Gasteiger partial charge in [0, 0.05) is 49.4 Å². The number of carboxylic acid groups (broad SMARTS) is 1. The van der Waals surface area contributed by atoms with E-state index < -0.39 is 17.9 Å². The van der Waals surface area contributed by atoms with E-state index in [1.54, 1.807) is 12.1 Å². The lowest BCUT2D eigenvalue weighted by Crippen LogP contribution is -2.55. The van der Waals surface area contributed by atoms with Crippen LogP contribution in [0.5, 0.6) is 11.5 Å². The largest absolute Gasteiger partial charge is 0.485 e. The summed E-state index contributed by atoms with van der Waals surface area (Å²) in [6, 6.07) is 10.6. The van der Waals surface area contributed by atoms with Crippen molar-refractivity contribution in [2.24, 2.45) is 4.99 Å². The normalized spacial score (nSPS) is 28.7. The molecule has 5 atom stereocenters. The molecule has 5 aliphatic heterocycles. The standard InChI is InChI=1S/C30H32ClFN4O5S/c1-17-13-35(22-3-2-4-24-28(22)41-25(16-40-24)20-6-5-18(31)11-21(20)32)9-8-34(17)15-27-33-29-23(12-26(42-29)30(37)38)36(27)14-19-7-10-39-19/h2-6,11-12,17,19,23,25,29H,7-10,13-16H2,1H3,(H,37,38). The molecule has 0 aromatic heterocycles. The Hall–Kier alpha value is -2.99. The third-order valence-corrected chi connectivity index (χ3v) is 10.0. The van der Waals surface area contributed by atoms with Crippen LogP contribution in [0.1, 0.15) is 25.0 Å². The average Bonchev–Trinajstić information content (AvgIpc) is 3.50. The third-order valence-electron chi connectivity index (χ3n) is 8.60. The highest BCUT2D eigenvalue weighted by atomic mass is 35.5. The summed E-state index contributed by atoms with van der Waals surface area (Å²) in [5, 5.41) is 9.72. The van der Waals surface area contributed by atoms with Crippen molar-refractivity contribution in [3.8, 4) is 11.5 Å². The molecule has 2 aromatic rings. The Labute approximate surface area is 252 Å². The van der Waals surface area contributed by atoms with Crippen LogP contribution in [0.3, 0.4) is 0 Å². The second-order valence-electron chi connectivity index (χ2n) is 11.3. The maximum Gasteiger partial charge on any atom is 0.341 e. The van der Waals surface area contributed by atoms with Crippen molar-refractivity contribution in [1.29, 1.82) is 0 Å². The minimum Gasteiger partial charge on any atom is -0.485 e. The number of amidine groups is 1. The molecule has 42 heavy (non-hydrogen) atoms. The molecule has 0 amide bonds. The number of nitrogens with zero attached hydrogens (tertiary/aromatic N) is 4. The molecule has 2 fully saturated rings. The Balaban J connectivity index is 1.05. The second kappa shape index (κ2) is 11.3. The van der Waals surface area contributed by atoms with Gasteiger partial charge in [0.25, 0.3) is 0 Å². The van der Waals surface area contributed by atoms with Crippen molar-refractivity contribution in [2.75, 3.05) is 50.8 Å². The number of hydrogen-bond donors (Lipinski definition) is 1. The van der Waals surface area contributed by atoms with E-state index in [9.17, 15) is 14.3 Å². The molecule has 222 valence electrons. The van der Waals surface area contributed by atoms with E-state index in [-0.39, 0.29) is 30.2 Å². The van der Waals surface area contributed by atoms with Gasteiger partial charge >= 0.3 is 5.97 Å². The number of piperazine rings is 1. The van der Waals surface area contributed by atoms with Crippen LogP contribution in [0.25, 0.3) is 0 Å². The second-order valence-corrected chi connectivity index (χ2v) is 12.9. The molecule has 5 aliphatic rings. The first-order chi connectivity index (χ1) is 20.3. The van der Waals surface area contributed by atoms with Crippen LogP contribution in [0.15, 0.2) is 52.4 Å². The maximum absolute atomic E-state index is 14.7. The van der Waals surface area contributed by atoms with Crippen LogP contribution in [-0.2, 0) is 9.53 Å². The van der Waals surface area contributed by atoms with Gasteiger partial charge in [-0.3, -0.25) is 9.89 Å². The molecule has 0 spiro atoms. The molecular weight excluding hydrogens is 583 g/mol. The van der Waals surface area contributed by atoms with Crippen LogP contribution in [0, 0.1) is 5.82 Å². The molecule has 0 bridgehead atoms. The lowest BCUT2D eigenvalue weighted by molar-refractivity contribution is -0.131. The van der Waals surface area contributed by atoms with Gasteiger partial charge in [0.1, 0.15) is 23.6 Å². The van der Waals surface area contributed by atoms with Crippen molar-refractivity contribution in [3.05, 3.63) is 63.8 Å². The van der Waals surface area contributed by atoms with Gasteiger partial charge in [-0.15, -0.1) is 0 Å². The minimum atomic E-state index is -0.891. The number of aliphatic carboxylic acids is 1. The van der Waals surface area contributed by atoms with Gasteiger partial charge in [-0.2, -0.15) is 0 Å². The number of carboxylic acids is 1. The first kappa shape index (κ1) is 27.8. The summed E-state index contributed by atoms with van der Waals surface area (Å²) < 4.78 is 32.8. The zero-order valence-electron chi connectivity index (χ0n) is 23.1. The molecule has 2 aromatic carbocycles. The Morgan fingerprint density at radius 3 is 2.86 bits per heavy atom. The molecule has 9 nitrogen and oxygen atoms in total. The fraction of sp³-hybridized carbons (Fsp3) is 0.467. The molecule has 0 saturated carbocycles. The topological polar surface area (TPSA) is 87.1 Å². The number of para-hydroxylation sites is 1. The lowest BCUT2D eigenvalue weighted by atomic mass is 10.1. The molecule has 12 heteroatoms. The molecule has 7 rings (SSSR count). The van der Waals surface area contributed by atoms with Gasteiger partial charge in [-0.1, -0.05) is 35.5 Å². The summed E-state index contributed by atoms with van der Waals surface area (Å²) >= 11 is 7.29. The summed E-state index contributed by atoms with van der Waals surface area (Å²) in [5.74, 6) is 0.972. The summed E-state index contributed by atoms with van der Waals surface area (Å²) in [4.78, 5) is 23.9. The monoisotopic (exact) mass is 614 g/mol. The quantitative estimate of drug-likeness (QED) is 0.487. The van der Waals surface area contributed by atoms with Crippen molar-refractivity contribution >= 4 is 40.9 Å². The zero-order valence-corrected chi connectivity index (χ0v) is 24.7. The zero-order chi connectivity index (χ0) is 29.0. The molecule has 1 N–H and O–H groups in total. The number of halogens is 2. The number of hydrogen-bond acceptors (Lipinski definition) is 9. The number of thioether (sulfide) groups is 1. The van der Waals surface area contributed by atoms with Gasteiger partial charge in [0.15, 0.2) is 17.6 Å². The first-order valence-electron chi connectivity index (χ1n) is 14.3. The fourth-order valence-corrected chi connectivity index (χ4v) is 7.50. The van der Waals surface area contributed by atoms with Crippen molar-refractivity contribution in [3.63, 3.8) is 0 Å². The molecule has 5 heterocycles. The van der Waals surface area contributed by atoms with E-state index in [1.165, 1.54) is 17.8 Å². The molecular formula is C30H32ClFN4O5S. The Bertz CT molecular complexity index is 1450. The van der Waals surface area contributed by atoms with Crippen molar-refractivity contribution < 1.29 is 28.5 Å². The molecule has 5 unspecified atom stereocenters. The average molecular weight is 615 g/mol. The molecule has 0 aliphatic carbocycles. The summed E-state index contributed by atoms with van der Waals surface area (Å²) in [6.45, 7) is 6.96. The van der Waals surface area contributed by atoms with Gasteiger partial charge in [-0.05, 0) is 43.7 Å². The van der Waals surface area contributed by atoms with E-state index in [2.05, 4.69) is 21.6 Å². The van der Waals surface area contributed by atoms with Crippen LogP contribution in [-0.4, -0.2) is 96.2 Å². The lowest BCUT2D eigenvalue weighted by Gasteiger charge is -2.43. The van der Waals surface area contributed by atoms with Crippen LogP contribution < -0.4 is 14.4 Å². The first-order valence-corrected chi connectivity index (χ1v) is 15.5. The number of aliphatic imine (C=N–C) groups is 1.